The van der Waals surface area contributed by atoms with Crippen LogP contribution in [0.4, 0.5) is 17.1 Å². The van der Waals surface area contributed by atoms with Crippen LogP contribution in [0.15, 0.2) is 224 Å². The summed E-state index contributed by atoms with van der Waals surface area (Å²) < 4.78 is 4.91. The van der Waals surface area contributed by atoms with Crippen LogP contribution < -0.4 is 4.90 Å². The van der Waals surface area contributed by atoms with E-state index in [4.69, 9.17) is 0 Å². The average molecular weight is 818 g/mol. The van der Waals surface area contributed by atoms with Crippen molar-refractivity contribution in [2.75, 3.05) is 4.90 Å². The summed E-state index contributed by atoms with van der Waals surface area (Å²) in [5, 5.41) is 4.98. The van der Waals surface area contributed by atoms with Crippen LogP contribution in [0.1, 0.15) is 25.0 Å². The van der Waals surface area contributed by atoms with Crippen molar-refractivity contribution in [2.45, 2.75) is 19.3 Å². The second-order valence-corrected chi connectivity index (χ2v) is 17.7. The molecule has 3 aromatic heterocycles. The summed E-state index contributed by atoms with van der Waals surface area (Å²) in [5.41, 5.74) is 20.7. The highest BCUT2D eigenvalue weighted by molar-refractivity contribution is 6.20. The lowest BCUT2D eigenvalue weighted by Crippen LogP contribution is -2.16. The number of anilines is 3. The Morgan fingerprint density at radius 3 is 1.69 bits per heavy atom. The van der Waals surface area contributed by atoms with Gasteiger partial charge in [0.25, 0.3) is 0 Å². The molecule has 1 aliphatic rings. The highest BCUT2D eigenvalue weighted by Crippen LogP contribution is 2.54. The van der Waals surface area contributed by atoms with Crippen LogP contribution in [-0.4, -0.2) is 8.97 Å². The van der Waals surface area contributed by atoms with E-state index in [1.807, 2.05) is 0 Å². The van der Waals surface area contributed by atoms with Gasteiger partial charge in [-0.05, 0) is 111 Å². The number of benzene rings is 9. The van der Waals surface area contributed by atoms with Gasteiger partial charge in [0.2, 0.25) is 0 Å². The van der Waals surface area contributed by atoms with E-state index in [1.165, 1.54) is 99.3 Å². The first-order valence-corrected chi connectivity index (χ1v) is 22.3. The molecule has 3 heterocycles. The fraction of sp³-hybridized carbons (Fsp3) is 0.0492. The van der Waals surface area contributed by atoms with Gasteiger partial charge < -0.3 is 13.9 Å². The molecule has 1 aliphatic carbocycles. The highest BCUT2D eigenvalue weighted by Gasteiger charge is 2.37. The van der Waals surface area contributed by atoms with Crippen molar-refractivity contribution in [3.05, 3.63) is 236 Å². The zero-order chi connectivity index (χ0) is 42.5. The van der Waals surface area contributed by atoms with Gasteiger partial charge in [-0.1, -0.05) is 172 Å². The predicted molar refractivity (Wildman–Crippen MR) is 270 cm³/mol. The molecule has 0 fully saturated rings. The Morgan fingerprint density at radius 1 is 0.375 bits per heavy atom. The van der Waals surface area contributed by atoms with Crippen molar-refractivity contribution >= 4 is 66.2 Å². The molecule has 302 valence electrons. The minimum absolute atomic E-state index is 0.104. The largest absolute Gasteiger partial charge is 0.310 e. The fourth-order valence-electron chi connectivity index (χ4n) is 10.9. The maximum absolute atomic E-state index is 2.49. The molecule has 3 heteroatoms. The van der Waals surface area contributed by atoms with Crippen LogP contribution in [-0.2, 0) is 5.41 Å². The molecule has 0 amide bonds. The van der Waals surface area contributed by atoms with Gasteiger partial charge in [0.05, 0.1) is 33.3 Å². The van der Waals surface area contributed by atoms with Crippen LogP contribution in [0.25, 0.3) is 88.2 Å². The maximum Gasteiger partial charge on any atom is 0.0797 e. The Hall–Kier alpha value is -8.14. The quantitative estimate of drug-likeness (QED) is 0.152. The molecule has 9 aromatic carbocycles. The van der Waals surface area contributed by atoms with E-state index in [9.17, 15) is 0 Å². The van der Waals surface area contributed by atoms with E-state index in [0.29, 0.717) is 0 Å². The number of rotatable bonds is 6. The molecular weight excluding hydrogens is 775 g/mol. The summed E-state index contributed by atoms with van der Waals surface area (Å²) in [6, 6.07) is 82.5. The van der Waals surface area contributed by atoms with Crippen molar-refractivity contribution in [1.82, 2.24) is 8.97 Å². The van der Waals surface area contributed by atoms with Gasteiger partial charge in [0.1, 0.15) is 0 Å². The molecule has 3 nitrogen and oxygen atoms in total. The molecule has 12 aromatic rings. The van der Waals surface area contributed by atoms with E-state index in [-0.39, 0.29) is 5.41 Å². The molecule has 0 radical (unpaired) electrons. The first-order chi connectivity index (χ1) is 31.5. The number of nitrogens with zero attached hydrogens (tertiary/aromatic N) is 3. The minimum atomic E-state index is -0.104. The van der Waals surface area contributed by atoms with E-state index in [0.717, 1.165) is 17.1 Å². The smallest absolute Gasteiger partial charge is 0.0797 e. The Morgan fingerprint density at radius 2 is 0.938 bits per heavy atom. The van der Waals surface area contributed by atoms with Gasteiger partial charge in [-0.2, -0.15) is 0 Å². The van der Waals surface area contributed by atoms with Crippen molar-refractivity contribution in [1.29, 1.82) is 0 Å². The minimum Gasteiger partial charge on any atom is -0.310 e. The van der Waals surface area contributed by atoms with Crippen LogP contribution in [0.2, 0.25) is 0 Å². The summed E-state index contributed by atoms with van der Waals surface area (Å²) >= 11 is 0. The number of pyridine rings is 1. The fourth-order valence-corrected chi connectivity index (χ4v) is 10.9. The van der Waals surface area contributed by atoms with Crippen molar-refractivity contribution in [3.8, 4) is 39.1 Å². The lowest BCUT2D eigenvalue weighted by atomic mass is 9.82. The van der Waals surface area contributed by atoms with Gasteiger partial charge in [0, 0.05) is 44.2 Å². The second-order valence-electron chi connectivity index (χ2n) is 17.7. The Bertz CT molecular complexity index is 3780. The summed E-state index contributed by atoms with van der Waals surface area (Å²) in [6.45, 7) is 4.71. The molecule has 0 saturated heterocycles. The van der Waals surface area contributed by atoms with Gasteiger partial charge >= 0.3 is 0 Å². The Kier molecular flexibility index (Phi) is 7.95. The number of aromatic nitrogens is 2. The van der Waals surface area contributed by atoms with Gasteiger partial charge in [-0.25, -0.2) is 0 Å². The Labute approximate surface area is 372 Å². The topological polar surface area (TPSA) is 12.6 Å². The highest BCUT2D eigenvalue weighted by atomic mass is 15.1. The van der Waals surface area contributed by atoms with E-state index < -0.39 is 0 Å². The third kappa shape index (κ3) is 5.34. The lowest BCUT2D eigenvalue weighted by Gasteiger charge is -2.29. The molecule has 0 bridgehead atoms. The van der Waals surface area contributed by atoms with E-state index in [1.54, 1.807) is 0 Å². The monoisotopic (exact) mass is 817 g/mol. The predicted octanol–water partition coefficient (Wildman–Crippen LogP) is 16.5. The van der Waals surface area contributed by atoms with Gasteiger partial charge in [0.15, 0.2) is 0 Å². The SMILES string of the molecule is CC1(C)c2ccccc2-c2c(N(c3ccc(-c4ccccc4)cc3)c3ccc(-c4ccc5c(c4)c4ccccc4n4c5cc5c4c4ccccc4n5-c4ccccc4)cc3)cccc21. The summed E-state index contributed by atoms with van der Waals surface area (Å²) in [4.78, 5) is 2.45. The third-order valence-corrected chi connectivity index (χ3v) is 13.9. The van der Waals surface area contributed by atoms with Crippen LogP contribution in [0.5, 0.6) is 0 Å². The van der Waals surface area contributed by atoms with Gasteiger partial charge in [-0.15, -0.1) is 0 Å². The first kappa shape index (κ1) is 36.5. The lowest BCUT2D eigenvalue weighted by molar-refractivity contribution is 0.660. The summed E-state index contributed by atoms with van der Waals surface area (Å²) in [6.07, 6.45) is 0. The average Bonchev–Trinajstić information content (AvgIpc) is 3.98. The molecule has 13 rings (SSSR count). The standard InChI is InChI=1S/C61H43N3/c1-61(2)52-23-12-9-21-49(52)59-53(61)24-15-27-56(59)62(45-33-28-41(29-34-45)40-16-5-3-6-17-40)46-35-30-42(31-36-46)43-32-37-48-51(38-43)47-20-10-13-25-54(47)64-57(48)39-58-60(64)50-22-11-14-26-55(50)63(58)44-18-7-4-8-19-44/h3-39H,1-2H3. The molecule has 0 aliphatic heterocycles. The molecule has 64 heavy (non-hydrogen) atoms. The Balaban J connectivity index is 0.964. The van der Waals surface area contributed by atoms with Crippen molar-refractivity contribution in [2.24, 2.45) is 0 Å². The van der Waals surface area contributed by atoms with Crippen LogP contribution in [0, 0.1) is 0 Å². The zero-order valence-corrected chi connectivity index (χ0v) is 35.7. The summed E-state index contributed by atoms with van der Waals surface area (Å²) in [5.74, 6) is 0. The molecule has 0 N–H and O–H groups in total. The number of para-hydroxylation sites is 3. The number of fused-ring (bicyclic) bond motifs is 13. The van der Waals surface area contributed by atoms with Gasteiger partial charge in [-0.3, -0.25) is 0 Å². The first-order valence-electron chi connectivity index (χ1n) is 22.3. The third-order valence-electron chi connectivity index (χ3n) is 13.9. The molecule has 0 unspecified atom stereocenters. The molecule has 0 atom stereocenters. The number of hydrogen-bond donors (Lipinski definition) is 0. The van der Waals surface area contributed by atoms with Crippen molar-refractivity contribution < 1.29 is 0 Å². The van der Waals surface area contributed by atoms with Crippen LogP contribution in [0.3, 0.4) is 0 Å². The maximum atomic E-state index is 2.49. The molecular formula is C61H43N3. The van der Waals surface area contributed by atoms with E-state index >= 15 is 0 Å². The summed E-state index contributed by atoms with van der Waals surface area (Å²) in [7, 11) is 0. The van der Waals surface area contributed by atoms with Crippen molar-refractivity contribution in [3.63, 3.8) is 0 Å². The molecule has 0 spiro atoms. The molecule has 0 saturated carbocycles. The zero-order valence-electron chi connectivity index (χ0n) is 35.7. The second kappa shape index (κ2) is 13.9. The van der Waals surface area contributed by atoms with Crippen LogP contribution >= 0.6 is 0 Å². The van der Waals surface area contributed by atoms with E-state index in [2.05, 4.69) is 252 Å². The normalized spacial score (nSPS) is 13.0. The number of hydrogen-bond acceptors (Lipinski definition) is 1.